The number of fused-ring (bicyclic) bond motifs is 1. The van der Waals surface area contributed by atoms with Crippen LogP contribution in [-0.2, 0) is 24.3 Å². The molecule has 1 heterocycles. The zero-order chi connectivity index (χ0) is 19.6. The largest absolute Gasteiger partial charge is 0.468 e. The minimum atomic E-state index is -3.91. The lowest BCUT2D eigenvalue weighted by atomic mass is 10.2. The lowest BCUT2D eigenvalue weighted by Gasteiger charge is -2.28. The summed E-state index contributed by atoms with van der Waals surface area (Å²) in [6.45, 7) is -0.284. The number of halogens is 1. The van der Waals surface area contributed by atoms with E-state index in [1.54, 1.807) is 24.3 Å². The van der Waals surface area contributed by atoms with Crippen molar-refractivity contribution >= 4 is 56.6 Å². The third-order valence-corrected chi connectivity index (χ3v) is 6.44. The molecule has 1 aliphatic rings. The van der Waals surface area contributed by atoms with Gasteiger partial charge in [0.15, 0.2) is 0 Å². The first-order valence-electron chi connectivity index (χ1n) is 7.72. The lowest BCUT2D eigenvalue weighted by Crippen LogP contribution is -2.39. The van der Waals surface area contributed by atoms with Gasteiger partial charge in [0.1, 0.15) is 6.54 Å². The predicted octanol–water partition coefficient (Wildman–Crippen LogP) is 2.75. The molecule has 0 saturated carbocycles. The molecular weight excluding hydrogens is 412 g/mol. The van der Waals surface area contributed by atoms with Crippen molar-refractivity contribution in [3.8, 4) is 0 Å². The van der Waals surface area contributed by atoms with Crippen LogP contribution in [0.15, 0.2) is 52.3 Å². The van der Waals surface area contributed by atoms with Crippen molar-refractivity contribution in [2.75, 3.05) is 29.0 Å². The molecular formula is C17H15ClN2O5S2. The third kappa shape index (κ3) is 4.37. The number of rotatable bonds is 5. The smallest absolute Gasteiger partial charge is 0.325 e. The van der Waals surface area contributed by atoms with Crippen molar-refractivity contribution < 1.29 is 22.7 Å². The van der Waals surface area contributed by atoms with E-state index in [0.29, 0.717) is 21.3 Å². The number of carbonyl (C=O) groups is 2. The first kappa shape index (κ1) is 19.5. The molecule has 7 nitrogen and oxygen atoms in total. The summed E-state index contributed by atoms with van der Waals surface area (Å²) in [5.74, 6) is -0.724. The second-order valence-corrected chi connectivity index (χ2v) is 8.73. The lowest BCUT2D eigenvalue weighted by molar-refractivity contribution is -0.139. The van der Waals surface area contributed by atoms with Crippen molar-refractivity contribution in [1.82, 2.24) is 0 Å². The van der Waals surface area contributed by atoms with Crippen LogP contribution >= 0.6 is 23.4 Å². The SMILES string of the molecule is COC(=O)CN1C(=O)CSc2ccc(S(=O)(=O)Nc3cccc(Cl)c3)cc21. The zero-order valence-corrected chi connectivity index (χ0v) is 16.5. The topological polar surface area (TPSA) is 92.8 Å². The molecule has 3 rings (SSSR count). The van der Waals surface area contributed by atoms with Crippen molar-refractivity contribution in [3.63, 3.8) is 0 Å². The summed E-state index contributed by atoms with van der Waals surface area (Å²) in [6, 6.07) is 10.8. The molecule has 2 aromatic rings. The van der Waals surface area contributed by atoms with Gasteiger partial charge in [0, 0.05) is 9.92 Å². The summed E-state index contributed by atoms with van der Waals surface area (Å²) in [4.78, 5) is 25.7. The van der Waals surface area contributed by atoms with E-state index in [4.69, 9.17) is 11.6 Å². The van der Waals surface area contributed by atoms with Crippen molar-refractivity contribution in [1.29, 1.82) is 0 Å². The van der Waals surface area contributed by atoms with Crippen LogP contribution in [0.3, 0.4) is 0 Å². The normalized spacial score (nSPS) is 13.9. The molecule has 0 radical (unpaired) electrons. The molecule has 0 bridgehead atoms. The molecule has 0 spiro atoms. The number of thioether (sulfide) groups is 1. The van der Waals surface area contributed by atoms with E-state index in [1.807, 2.05) is 0 Å². The van der Waals surface area contributed by atoms with Gasteiger partial charge in [-0.05, 0) is 36.4 Å². The van der Waals surface area contributed by atoms with Gasteiger partial charge < -0.3 is 4.74 Å². The van der Waals surface area contributed by atoms with E-state index in [9.17, 15) is 18.0 Å². The number of hydrogen-bond donors (Lipinski definition) is 1. The van der Waals surface area contributed by atoms with Gasteiger partial charge in [0.2, 0.25) is 5.91 Å². The van der Waals surface area contributed by atoms with E-state index in [1.165, 1.54) is 42.0 Å². The Morgan fingerprint density at radius 3 is 2.78 bits per heavy atom. The second-order valence-electron chi connectivity index (χ2n) is 5.59. The molecule has 142 valence electrons. The Morgan fingerprint density at radius 1 is 1.30 bits per heavy atom. The number of nitrogens with one attached hydrogen (secondary N) is 1. The summed E-state index contributed by atoms with van der Waals surface area (Å²) in [5, 5.41) is 0.395. The highest BCUT2D eigenvalue weighted by Crippen LogP contribution is 2.37. The van der Waals surface area contributed by atoms with Gasteiger partial charge in [-0.3, -0.25) is 19.2 Å². The Balaban J connectivity index is 1.96. The molecule has 0 aromatic heterocycles. The molecule has 27 heavy (non-hydrogen) atoms. The Morgan fingerprint density at radius 2 is 2.07 bits per heavy atom. The van der Waals surface area contributed by atoms with Crippen LogP contribution in [0, 0.1) is 0 Å². The monoisotopic (exact) mass is 426 g/mol. The number of ether oxygens (including phenoxy) is 1. The fourth-order valence-electron chi connectivity index (χ4n) is 2.48. The highest BCUT2D eigenvalue weighted by atomic mass is 35.5. The van der Waals surface area contributed by atoms with E-state index in [2.05, 4.69) is 9.46 Å². The summed E-state index contributed by atoms with van der Waals surface area (Å²) < 4.78 is 32.5. The fourth-order valence-corrected chi connectivity index (χ4v) is 4.66. The van der Waals surface area contributed by atoms with Gasteiger partial charge in [-0.25, -0.2) is 8.42 Å². The van der Waals surface area contributed by atoms with Crippen LogP contribution in [0.1, 0.15) is 0 Å². The Hall–Kier alpha value is -2.23. The van der Waals surface area contributed by atoms with Gasteiger partial charge in [0.25, 0.3) is 10.0 Å². The molecule has 1 amide bonds. The second kappa shape index (κ2) is 7.79. The molecule has 0 saturated heterocycles. The molecule has 0 fully saturated rings. The van der Waals surface area contributed by atoms with Gasteiger partial charge >= 0.3 is 5.97 Å². The number of benzene rings is 2. The number of methoxy groups -OCH3 is 1. The number of amides is 1. The van der Waals surface area contributed by atoms with Crippen molar-refractivity contribution in [2.24, 2.45) is 0 Å². The number of esters is 1. The third-order valence-electron chi connectivity index (χ3n) is 3.78. The van der Waals surface area contributed by atoms with Gasteiger partial charge in [0.05, 0.1) is 29.1 Å². The van der Waals surface area contributed by atoms with Crippen LogP contribution in [0.5, 0.6) is 0 Å². The average molecular weight is 427 g/mol. The summed E-state index contributed by atoms with van der Waals surface area (Å²) in [7, 11) is -2.69. The van der Waals surface area contributed by atoms with Gasteiger partial charge in [-0.1, -0.05) is 17.7 Å². The van der Waals surface area contributed by atoms with Crippen LogP contribution in [0.2, 0.25) is 5.02 Å². The highest BCUT2D eigenvalue weighted by Gasteiger charge is 2.28. The Labute approximate surface area is 165 Å². The van der Waals surface area contributed by atoms with E-state index < -0.39 is 16.0 Å². The first-order chi connectivity index (χ1) is 12.8. The molecule has 0 unspecified atom stereocenters. The van der Waals surface area contributed by atoms with E-state index >= 15 is 0 Å². The molecule has 10 heteroatoms. The maximum Gasteiger partial charge on any atom is 0.325 e. The quantitative estimate of drug-likeness (QED) is 0.739. The number of anilines is 2. The van der Waals surface area contributed by atoms with E-state index in [-0.39, 0.29) is 23.1 Å². The van der Waals surface area contributed by atoms with Gasteiger partial charge in [-0.2, -0.15) is 0 Å². The molecule has 0 aliphatic carbocycles. The van der Waals surface area contributed by atoms with Crippen LogP contribution in [0.25, 0.3) is 0 Å². The minimum Gasteiger partial charge on any atom is -0.468 e. The van der Waals surface area contributed by atoms with Gasteiger partial charge in [-0.15, -0.1) is 11.8 Å². The predicted molar refractivity (Wildman–Crippen MR) is 104 cm³/mol. The summed E-state index contributed by atoms with van der Waals surface area (Å²) >= 11 is 7.17. The minimum absolute atomic E-state index is 0.0357. The fraction of sp³-hybridized carbons (Fsp3) is 0.176. The molecule has 1 aliphatic heterocycles. The Kier molecular flexibility index (Phi) is 5.64. The summed E-state index contributed by atoms with van der Waals surface area (Å²) in [6.07, 6.45) is 0. The number of nitrogens with zero attached hydrogens (tertiary/aromatic N) is 1. The molecule has 2 aromatic carbocycles. The standard InChI is InChI=1S/C17H15ClN2O5S2/c1-25-17(22)9-20-14-8-13(5-6-15(14)26-10-16(20)21)27(23,24)19-12-4-2-3-11(18)7-12/h2-8,19H,9-10H2,1H3. The number of hydrogen-bond acceptors (Lipinski definition) is 6. The molecule has 0 atom stereocenters. The first-order valence-corrected chi connectivity index (χ1v) is 10.6. The maximum atomic E-state index is 12.7. The van der Waals surface area contributed by atoms with Crippen LogP contribution < -0.4 is 9.62 Å². The van der Waals surface area contributed by atoms with Crippen molar-refractivity contribution in [2.45, 2.75) is 9.79 Å². The zero-order valence-electron chi connectivity index (χ0n) is 14.1. The maximum absolute atomic E-state index is 12.7. The average Bonchev–Trinajstić information content (AvgIpc) is 2.63. The molecule has 1 N–H and O–H groups in total. The Bertz CT molecular complexity index is 1010. The highest BCUT2D eigenvalue weighted by molar-refractivity contribution is 8.00. The number of carbonyl (C=O) groups excluding carboxylic acids is 2. The van der Waals surface area contributed by atoms with E-state index in [0.717, 1.165) is 0 Å². The van der Waals surface area contributed by atoms with Crippen LogP contribution in [-0.4, -0.2) is 39.7 Å². The van der Waals surface area contributed by atoms with Crippen molar-refractivity contribution in [3.05, 3.63) is 47.5 Å². The van der Waals surface area contributed by atoms with Crippen LogP contribution in [0.4, 0.5) is 11.4 Å². The number of sulfonamides is 1. The summed E-state index contributed by atoms with van der Waals surface area (Å²) in [5.41, 5.74) is 0.674.